The lowest BCUT2D eigenvalue weighted by atomic mass is 10.1. The summed E-state index contributed by atoms with van der Waals surface area (Å²) >= 11 is 7.02. The van der Waals surface area contributed by atoms with Gasteiger partial charge in [0.2, 0.25) is 5.03 Å². The molecule has 3 aromatic carbocycles. The summed E-state index contributed by atoms with van der Waals surface area (Å²) in [5.74, 6) is -0.978. The molecule has 12 heteroatoms. The molecule has 0 aliphatic heterocycles. The van der Waals surface area contributed by atoms with E-state index < -0.39 is 18.1 Å². The molecule has 4 rings (SSSR count). The van der Waals surface area contributed by atoms with Gasteiger partial charge in [-0.1, -0.05) is 47.1 Å². The second-order valence-electron chi connectivity index (χ2n) is 7.42. The van der Waals surface area contributed by atoms with Crippen LogP contribution in [0.4, 0.5) is 13.2 Å². The van der Waals surface area contributed by atoms with E-state index in [1.807, 2.05) is 12.1 Å². The van der Waals surface area contributed by atoms with E-state index in [2.05, 4.69) is 15.0 Å². The number of nitrogens with one attached hydrogen (secondary N) is 1. The Balaban J connectivity index is 1.57. The molecule has 0 aliphatic rings. The van der Waals surface area contributed by atoms with Crippen molar-refractivity contribution in [3.63, 3.8) is 0 Å². The van der Waals surface area contributed by atoms with Crippen LogP contribution in [-0.2, 0) is 6.54 Å². The van der Waals surface area contributed by atoms with Crippen molar-refractivity contribution in [2.75, 3.05) is 7.11 Å². The number of methoxy groups -OCH3 is 1. The molecule has 2 N–H and O–H groups in total. The SMILES string of the molecule is COc1ccc(C[n+]2[nH]nc(C(=O)O)c2Sc2ccc(-c3ccc(Cl)c(OC(F)(F)F)c3)cc2)cc1. The number of aromatic amines is 1. The highest BCUT2D eigenvalue weighted by molar-refractivity contribution is 7.99. The Morgan fingerprint density at radius 1 is 1.08 bits per heavy atom. The van der Waals surface area contributed by atoms with Gasteiger partial charge < -0.3 is 14.6 Å². The summed E-state index contributed by atoms with van der Waals surface area (Å²) in [5.41, 5.74) is 1.86. The predicted molar refractivity (Wildman–Crippen MR) is 126 cm³/mol. The number of alkyl halides is 3. The Bertz CT molecular complexity index is 1380. The lowest BCUT2D eigenvalue weighted by molar-refractivity contribution is -0.778. The molecule has 186 valence electrons. The summed E-state index contributed by atoms with van der Waals surface area (Å²) in [6.07, 6.45) is -4.86. The minimum absolute atomic E-state index is 0.135. The van der Waals surface area contributed by atoms with Crippen molar-refractivity contribution in [1.82, 2.24) is 10.3 Å². The van der Waals surface area contributed by atoms with Gasteiger partial charge in [0.05, 0.1) is 17.2 Å². The third-order valence-electron chi connectivity index (χ3n) is 4.99. The molecule has 1 heterocycles. The third kappa shape index (κ3) is 6.10. The quantitative estimate of drug-likeness (QED) is 0.276. The second kappa shape index (κ2) is 10.5. The molecule has 0 bridgehead atoms. The number of halogens is 4. The molecule has 0 spiro atoms. The molecule has 7 nitrogen and oxygen atoms in total. The summed E-state index contributed by atoms with van der Waals surface area (Å²) in [7, 11) is 1.57. The molecule has 0 saturated heterocycles. The number of ether oxygens (including phenoxy) is 2. The first kappa shape index (κ1) is 25.4. The monoisotopic (exact) mass is 536 g/mol. The zero-order valence-electron chi connectivity index (χ0n) is 18.5. The number of aromatic carboxylic acids is 1. The Kier molecular flexibility index (Phi) is 7.41. The number of hydrogen-bond acceptors (Lipinski definition) is 5. The minimum atomic E-state index is -4.86. The third-order valence-corrected chi connectivity index (χ3v) is 6.42. The molecule has 4 aromatic rings. The highest BCUT2D eigenvalue weighted by Gasteiger charge is 2.32. The van der Waals surface area contributed by atoms with E-state index in [4.69, 9.17) is 16.3 Å². The highest BCUT2D eigenvalue weighted by Crippen LogP contribution is 2.35. The average Bonchev–Trinajstić information content (AvgIpc) is 3.23. The number of hydrogen-bond donors (Lipinski definition) is 2. The van der Waals surface area contributed by atoms with Crippen molar-refractivity contribution in [3.8, 4) is 22.6 Å². The van der Waals surface area contributed by atoms with Gasteiger partial charge in [-0.2, -0.15) is 0 Å². The lowest BCUT2D eigenvalue weighted by Gasteiger charge is -2.12. The second-order valence-corrected chi connectivity index (χ2v) is 8.89. The van der Waals surface area contributed by atoms with Crippen LogP contribution in [0, 0.1) is 0 Å². The lowest BCUT2D eigenvalue weighted by Crippen LogP contribution is -2.38. The first-order valence-electron chi connectivity index (χ1n) is 10.3. The standard InChI is InChI=1S/C24H17ClF3N3O4S/c1-34-17-7-2-14(3-8-17)13-31-22(21(23(32)33)29-30-31)36-18-9-4-15(5-10-18)16-6-11-19(25)20(12-16)35-24(26,27)28/h2-12H,13H2,1H3,(H,32,33)/p+1. The van der Waals surface area contributed by atoms with Crippen molar-refractivity contribution >= 4 is 29.3 Å². The van der Waals surface area contributed by atoms with Crippen LogP contribution in [0.15, 0.2) is 76.7 Å². The number of aromatic nitrogens is 3. The van der Waals surface area contributed by atoms with E-state index in [1.165, 1.54) is 23.9 Å². The predicted octanol–water partition coefficient (Wildman–Crippen LogP) is 5.82. The Morgan fingerprint density at radius 3 is 2.36 bits per heavy atom. The van der Waals surface area contributed by atoms with Crippen molar-refractivity contribution in [1.29, 1.82) is 0 Å². The smallest absolute Gasteiger partial charge is 0.497 e. The molecule has 36 heavy (non-hydrogen) atoms. The van der Waals surface area contributed by atoms with Gasteiger partial charge in [0.1, 0.15) is 18.0 Å². The summed E-state index contributed by atoms with van der Waals surface area (Å²) in [6, 6.07) is 18.3. The molecule has 0 unspecified atom stereocenters. The maximum absolute atomic E-state index is 12.6. The fourth-order valence-electron chi connectivity index (χ4n) is 3.31. The van der Waals surface area contributed by atoms with Crippen molar-refractivity contribution in [2.24, 2.45) is 0 Å². The van der Waals surface area contributed by atoms with Crippen molar-refractivity contribution < 1.29 is 37.2 Å². The topological polar surface area (TPSA) is 88.3 Å². The van der Waals surface area contributed by atoms with Gasteiger partial charge in [0.15, 0.2) is 0 Å². The molecule has 1 aromatic heterocycles. The summed E-state index contributed by atoms with van der Waals surface area (Å²) < 4.78 is 48.7. The van der Waals surface area contributed by atoms with E-state index in [1.54, 1.807) is 54.3 Å². The van der Waals surface area contributed by atoms with Crippen LogP contribution in [-0.4, -0.2) is 34.9 Å². The van der Waals surface area contributed by atoms with Crippen molar-refractivity contribution in [2.45, 2.75) is 22.8 Å². The number of carboxylic acid groups (broad SMARTS) is 1. The zero-order valence-corrected chi connectivity index (χ0v) is 20.1. The van der Waals surface area contributed by atoms with E-state index in [0.29, 0.717) is 33.3 Å². The Morgan fingerprint density at radius 2 is 1.75 bits per heavy atom. The largest absolute Gasteiger partial charge is 0.573 e. The maximum atomic E-state index is 12.6. The summed E-state index contributed by atoms with van der Waals surface area (Å²) in [5, 5.41) is 16.5. The summed E-state index contributed by atoms with van der Waals surface area (Å²) in [4.78, 5) is 12.4. The Labute approximate surface area is 212 Å². The number of nitrogens with zero attached hydrogens (tertiary/aromatic N) is 2. The van der Waals surface area contributed by atoms with E-state index in [0.717, 1.165) is 5.56 Å². The number of H-pyrrole nitrogens is 1. The van der Waals surface area contributed by atoms with Crippen LogP contribution in [0.3, 0.4) is 0 Å². The van der Waals surface area contributed by atoms with Gasteiger partial charge in [-0.15, -0.1) is 17.9 Å². The van der Waals surface area contributed by atoms with Gasteiger partial charge >= 0.3 is 18.0 Å². The summed E-state index contributed by atoms with van der Waals surface area (Å²) in [6.45, 7) is 0.345. The molecule has 0 atom stereocenters. The van der Waals surface area contributed by atoms with Crippen LogP contribution < -0.4 is 14.2 Å². The molecular formula is C24H18ClF3N3O4S+. The van der Waals surface area contributed by atoms with Crippen LogP contribution in [0.2, 0.25) is 5.02 Å². The maximum Gasteiger partial charge on any atom is 0.573 e. The Hall–Kier alpha value is -3.70. The van der Waals surface area contributed by atoms with Gasteiger partial charge in [-0.25, -0.2) is 4.79 Å². The first-order valence-corrected chi connectivity index (χ1v) is 11.5. The average molecular weight is 537 g/mol. The van der Waals surface area contributed by atoms with Gasteiger partial charge in [0, 0.05) is 4.90 Å². The van der Waals surface area contributed by atoms with Crippen LogP contribution in [0.25, 0.3) is 11.1 Å². The van der Waals surface area contributed by atoms with Crippen LogP contribution in [0.5, 0.6) is 11.5 Å². The minimum Gasteiger partial charge on any atom is -0.497 e. The normalized spacial score (nSPS) is 11.4. The molecular weight excluding hydrogens is 519 g/mol. The molecule has 0 radical (unpaired) electrons. The van der Waals surface area contributed by atoms with Gasteiger partial charge in [-0.05, 0) is 64.9 Å². The number of benzene rings is 3. The molecule has 0 aliphatic carbocycles. The van der Waals surface area contributed by atoms with Gasteiger partial charge in [0.25, 0.3) is 0 Å². The van der Waals surface area contributed by atoms with Crippen LogP contribution in [0.1, 0.15) is 16.1 Å². The van der Waals surface area contributed by atoms with Crippen molar-refractivity contribution in [3.05, 3.63) is 83.0 Å². The van der Waals surface area contributed by atoms with Gasteiger partial charge in [-0.3, -0.25) is 0 Å². The molecule has 0 fully saturated rings. The molecule has 0 saturated carbocycles. The fourth-order valence-corrected chi connectivity index (χ4v) is 4.40. The first-order chi connectivity index (χ1) is 17.1. The molecule has 0 amide bonds. The van der Waals surface area contributed by atoms with Crippen LogP contribution >= 0.6 is 23.4 Å². The van der Waals surface area contributed by atoms with E-state index >= 15 is 0 Å². The number of rotatable bonds is 8. The van der Waals surface area contributed by atoms with E-state index in [9.17, 15) is 23.1 Å². The zero-order chi connectivity index (χ0) is 25.9. The highest BCUT2D eigenvalue weighted by atomic mass is 35.5. The number of carboxylic acids is 1. The fraction of sp³-hybridized carbons (Fsp3) is 0.125. The van der Waals surface area contributed by atoms with E-state index in [-0.39, 0.29) is 10.7 Å². The number of carbonyl (C=O) groups is 1.